The first-order valence-corrected chi connectivity index (χ1v) is 6.10. The van der Waals surface area contributed by atoms with Crippen molar-refractivity contribution in [2.75, 3.05) is 0 Å². The topological polar surface area (TPSA) is 44.7 Å². The van der Waals surface area contributed by atoms with E-state index in [9.17, 15) is 4.79 Å². The van der Waals surface area contributed by atoms with Gasteiger partial charge in [0.05, 0.1) is 5.92 Å². The van der Waals surface area contributed by atoms with Gasteiger partial charge in [0.1, 0.15) is 11.3 Å². The standard InChI is InChI=1S/C12H21NO/c13-12(8-4-1-5-9-12)10-6-2-3-7-11(10)14/h10H,1-9,13H2/p+1/t10-/m0/s1. The van der Waals surface area contributed by atoms with Gasteiger partial charge in [0, 0.05) is 19.3 Å². The molecule has 14 heavy (non-hydrogen) atoms. The van der Waals surface area contributed by atoms with E-state index in [0.717, 1.165) is 19.3 Å². The van der Waals surface area contributed by atoms with Gasteiger partial charge >= 0.3 is 0 Å². The minimum absolute atomic E-state index is 0.121. The Kier molecular flexibility index (Phi) is 2.91. The molecule has 0 unspecified atom stereocenters. The van der Waals surface area contributed by atoms with Crippen molar-refractivity contribution in [3.05, 3.63) is 0 Å². The number of ketones is 1. The minimum Gasteiger partial charge on any atom is -0.352 e. The molecular weight excluding hydrogens is 174 g/mol. The molecule has 0 bridgehead atoms. The third kappa shape index (κ3) is 1.85. The molecule has 2 aliphatic carbocycles. The van der Waals surface area contributed by atoms with Crippen molar-refractivity contribution < 1.29 is 10.5 Å². The van der Waals surface area contributed by atoms with Gasteiger partial charge in [-0.3, -0.25) is 4.79 Å². The molecule has 0 aromatic carbocycles. The number of hydrogen-bond donors (Lipinski definition) is 1. The molecule has 3 N–H and O–H groups in total. The highest BCUT2D eigenvalue weighted by Gasteiger charge is 2.44. The van der Waals surface area contributed by atoms with E-state index in [1.807, 2.05) is 0 Å². The van der Waals surface area contributed by atoms with Crippen molar-refractivity contribution in [1.29, 1.82) is 0 Å². The molecule has 2 fully saturated rings. The Balaban J connectivity index is 2.06. The lowest BCUT2D eigenvalue weighted by Gasteiger charge is -2.38. The third-order valence-electron chi connectivity index (χ3n) is 4.14. The predicted molar refractivity (Wildman–Crippen MR) is 55.7 cm³/mol. The molecule has 2 rings (SSSR count). The summed E-state index contributed by atoms with van der Waals surface area (Å²) in [6.45, 7) is 0. The van der Waals surface area contributed by atoms with Gasteiger partial charge in [0.15, 0.2) is 0 Å². The average molecular weight is 196 g/mol. The second-order valence-electron chi connectivity index (χ2n) is 5.19. The SMILES string of the molecule is [NH3+]C1([C@H]2CCCCC2=O)CCCCC1. The fraction of sp³-hybridized carbons (Fsp3) is 0.917. The van der Waals surface area contributed by atoms with Crippen LogP contribution >= 0.6 is 0 Å². The largest absolute Gasteiger partial charge is 0.352 e. The summed E-state index contributed by atoms with van der Waals surface area (Å²) in [5.41, 5.74) is 4.50. The van der Waals surface area contributed by atoms with Gasteiger partial charge in [-0.25, -0.2) is 0 Å². The van der Waals surface area contributed by atoms with Crippen LogP contribution in [0, 0.1) is 5.92 Å². The molecule has 0 spiro atoms. The van der Waals surface area contributed by atoms with E-state index in [0.29, 0.717) is 11.7 Å². The van der Waals surface area contributed by atoms with Crippen molar-refractivity contribution in [3.63, 3.8) is 0 Å². The number of Topliss-reactive ketones (excluding diaryl/α,β-unsaturated/α-hetero) is 1. The maximum atomic E-state index is 11.9. The zero-order valence-corrected chi connectivity index (χ0v) is 9.06. The van der Waals surface area contributed by atoms with Crippen LogP contribution in [0.3, 0.4) is 0 Å². The van der Waals surface area contributed by atoms with Crippen LogP contribution in [0.5, 0.6) is 0 Å². The summed E-state index contributed by atoms with van der Waals surface area (Å²) in [6, 6.07) is 0. The van der Waals surface area contributed by atoms with Crippen LogP contribution in [-0.2, 0) is 4.79 Å². The zero-order chi connectivity index (χ0) is 10.0. The molecule has 0 aliphatic heterocycles. The molecule has 80 valence electrons. The summed E-state index contributed by atoms with van der Waals surface area (Å²) in [5.74, 6) is 0.810. The Morgan fingerprint density at radius 3 is 2.43 bits per heavy atom. The normalized spacial score (nSPS) is 32.9. The monoisotopic (exact) mass is 196 g/mol. The van der Waals surface area contributed by atoms with E-state index < -0.39 is 0 Å². The van der Waals surface area contributed by atoms with Gasteiger partial charge in [-0.1, -0.05) is 12.8 Å². The van der Waals surface area contributed by atoms with E-state index in [1.165, 1.54) is 38.5 Å². The van der Waals surface area contributed by atoms with Gasteiger partial charge in [-0.15, -0.1) is 0 Å². The van der Waals surface area contributed by atoms with Crippen molar-refractivity contribution in [2.45, 2.75) is 63.3 Å². The van der Waals surface area contributed by atoms with Crippen LogP contribution in [0.4, 0.5) is 0 Å². The Bertz CT molecular complexity index is 218. The molecule has 0 radical (unpaired) electrons. The molecule has 2 heteroatoms. The van der Waals surface area contributed by atoms with E-state index in [2.05, 4.69) is 5.73 Å². The lowest BCUT2D eigenvalue weighted by Crippen LogP contribution is -2.77. The van der Waals surface area contributed by atoms with E-state index >= 15 is 0 Å². The molecule has 0 aromatic heterocycles. The lowest BCUT2D eigenvalue weighted by atomic mass is 9.67. The summed E-state index contributed by atoms with van der Waals surface area (Å²) >= 11 is 0. The third-order valence-corrected chi connectivity index (χ3v) is 4.14. The first-order valence-electron chi connectivity index (χ1n) is 6.10. The number of quaternary nitrogens is 1. The van der Waals surface area contributed by atoms with Crippen LogP contribution in [0.2, 0.25) is 0 Å². The van der Waals surface area contributed by atoms with Crippen molar-refractivity contribution in [3.8, 4) is 0 Å². The van der Waals surface area contributed by atoms with Crippen molar-refractivity contribution in [1.82, 2.24) is 0 Å². The van der Waals surface area contributed by atoms with Gasteiger partial charge in [-0.2, -0.15) is 0 Å². The van der Waals surface area contributed by atoms with Gasteiger partial charge < -0.3 is 5.73 Å². The molecule has 0 aromatic rings. The fourth-order valence-corrected chi connectivity index (χ4v) is 3.23. The molecule has 2 nitrogen and oxygen atoms in total. The second-order valence-corrected chi connectivity index (χ2v) is 5.19. The first-order chi connectivity index (χ1) is 6.72. The maximum Gasteiger partial charge on any atom is 0.142 e. The molecule has 0 heterocycles. The van der Waals surface area contributed by atoms with Crippen molar-refractivity contribution in [2.24, 2.45) is 5.92 Å². The van der Waals surface area contributed by atoms with Gasteiger partial charge in [0.25, 0.3) is 0 Å². The number of hydrogen-bond acceptors (Lipinski definition) is 1. The summed E-state index contributed by atoms with van der Waals surface area (Å²) in [6.07, 6.45) is 10.6. The van der Waals surface area contributed by atoms with Crippen LogP contribution < -0.4 is 5.73 Å². The second kappa shape index (κ2) is 4.01. The molecule has 2 aliphatic rings. The Hall–Kier alpha value is -0.370. The zero-order valence-electron chi connectivity index (χ0n) is 9.06. The highest BCUT2D eigenvalue weighted by atomic mass is 16.1. The fourth-order valence-electron chi connectivity index (χ4n) is 3.23. The van der Waals surface area contributed by atoms with E-state index in [1.54, 1.807) is 0 Å². The maximum absolute atomic E-state index is 11.9. The summed E-state index contributed by atoms with van der Waals surface area (Å²) in [4.78, 5) is 11.9. The molecule has 1 atom stereocenters. The molecule has 2 saturated carbocycles. The van der Waals surface area contributed by atoms with Crippen LogP contribution in [0.25, 0.3) is 0 Å². The van der Waals surface area contributed by atoms with Gasteiger partial charge in [0.2, 0.25) is 0 Å². The quantitative estimate of drug-likeness (QED) is 0.681. The number of rotatable bonds is 1. The Morgan fingerprint density at radius 1 is 1.07 bits per heavy atom. The minimum atomic E-state index is 0.121. The summed E-state index contributed by atoms with van der Waals surface area (Å²) < 4.78 is 0. The molecule has 0 saturated heterocycles. The van der Waals surface area contributed by atoms with E-state index in [4.69, 9.17) is 0 Å². The highest BCUT2D eigenvalue weighted by Crippen LogP contribution is 2.36. The Labute approximate surface area is 86.2 Å². The van der Waals surface area contributed by atoms with Crippen LogP contribution in [0.15, 0.2) is 0 Å². The number of carbonyl (C=O) groups is 1. The highest BCUT2D eigenvalue weighted by molar-refractivity contribution is 5.82. The van der Waals surface area contributed by atoms with Crippen LogP contribution in [-0.4, -0.2) is 11.3 Å². The molecule has 0 amide bonds. The predicted octanol–water partition coefficient (Wildman–Crippen LogP) is 1.69. The van der Waals surface area contributed by atoms with Crippen molar-refractivity contribution >= 4 is 5.78 Å². The Morgan fingerprint density at radius 2 is 1.79 bits per heavy atom. The van der Waals surface area contributed by atoms with E-state index in [-0.39, 0.29) is 5.54 Å². The average Bonchev–Trinajstić information content (AvgIpc) is 2.19. The summed E-state index contributed by atoms with van der Waals surface area (Å²) in [7, 11) is 0. The lowest BCUT2D eigenvalue weighted by molar-refractivity contribution is -0.496. The van der Waals surface area contributed by atoms with Gasteiger partial charge in [-0.05, 0) is 25.7 Å². The first kappa shape index (κ1) is 10.2. The number of carbonyl (C=O) groups excluding carboxylic acids is 1. The molecular formula is C12H22NO+. The smallest absolute Gasteiger partial charge is 0.142 e. The van der Waals surface area contributed by atoms with Crippen LogP contribution in [0.1, 0.15) is 57.8 Å². The summed E-state index contributed by atoms with van der Waals surface area (Å²) in [5, 5.41) is 0.